The van der Waals surface area contributed by atoms with Crippen molar-refractivity contribution in [2.75, 3.05) is 0 Å². The van der Waals surface area contributed by atoms with Gasteiger partial charge in [0.1, 0.15) is 5.82 Å². The van der Waals surface area contributed by atoms with Crippen LogP contribution in [0.25, 0.3) is 0 Å². The van der Waals surface area contributed by atoms with Gasteiger partial charge in [0.2, 0.25) is 0 Å². The van der Waals surface area contributed by atoms with Gasteiger partial charge in [0.05, 0.1) is 11.1 Å². The summed E-state index contributed by atoms with van der Waals surface area (Å²) >= 11 is 17.7. The molecule has 0 aliphatic rings. The standard InChI is InChI=1S/C14H12Cl3FN2/c15-10-4-9(5-11(16)7-10)13(20-19)6-8-2-1-3-12(17)14(8)18/h1-5,7,13,20H,6,19H2. The van der Waals surface area contributed by atoms with Crippen molar-refractivity contribution in [1.82, 2.24) is 5.43 Å². The lowest BCUT2D eigenvalue weighted by Gasteiger charge is -2.17. The number of hydrogen-bond donors (Lipinski definition) is 2. The van der Waals surface area contributed by atoms with Crippen LogP contribution in [-0.4, -0.2) is 0 Å². The van der Waals surface area contributed by atoms with E-state index in [2.05, 4.69) is 5.43 Å². The molecule has 0 spiro atoms. The van der Waals surface area contributed by atoms with Crippen molar-refractivity contribution >= 4 is 34.8 Å². The molecule has 2 nitrogen and oxygen atoms in total. The highest BCUT2D eigenvalue weighted by Crippen LogP contribution is 2.27. The third-order valence-corrected chi connectivity index (χ3v) is 3.67. The first-order valence-corrected chi connectivity index (χ1v) is 6.99. The average Bonchev–Trinajstić information content (AvgIpc) is 2.39. The molecule has 106 valence electrons. The van der Waals surface area contributed by atoms with E-state index in [1.165, 1.54) is 6.07 Å². The van der Waals surface area contributed by atoms with E-state index in [-0.39, 0.29) is 11.1 Å². The Morgan fingerprint density at radius 3 is 2.35 bits per heavy atom. The molecule has 2 aromatic carbocycles. The van der Waals surface area contributed by atoms with Crippen LogP contribution in [0.4, 0.5) is 4.39 Å². The Morgan fingerprint density at radius 2 is 1.75 bits per heavy atom. The Bertz CT molecular complexity index is 599. The van der Waals surface area contributed by atoms with Gasteiger partial charge < -0.3 is 0 Å². The van der Waals surface area contributed by atoms with Gasteiger partial charge in [-0.1, -0.05) is 46.9 Å². The van der Waals surface area contributed by atoms with Gasteiger partial charge in [-0.3, -0.25) is 11.3 Å². The molecular formula is C14H12Cl3FN2. The van der Waals surface area contributed by atoms with E-state index >= 15 is 0 Å². The van der Waals surface area contributed by atoms with Gasteiger partial charge in [0.15, 0.2) is 0 Å². The highest BCUT2D eigenvalue weighted by molar-refractivity contribution is 6.34. The van der Waals surface area contributed by atoms with Crippen molar-refractivity contribution in [3.8, 4) is 0 Å². The molecule has 0 saturated carbocycles. The van der Waals surface area contributed by atoms with Crippen molar-refractivity contribution in [3.05, 3.63) is 68.4 Å². The molecule has 1 atom stereocenters. The number of rotatable bonds is 4. The summed E-state index contributed by atoms with van der Waals surface area (Å²) in [6.45, 7) is 0. The zero-order chi connectivity index (χ0) is 14.7. The smallest absolute Gasteiger partial charge is 0.145 e. The summed E-state index contributed by atoms with van der Waals surface area (Å²) in [5, 5.41) is 1.08. The Kier molecular flexibility index (Phi) is 5.24. The SMILES string of the molecule is NNC(Cc1cccc(Cl)c1F)c1cc(Cl)cc(Cl)c1. The number of benzene rings is 2. The molecule has 2 aromatic rings. The quantitative estimate of drug-likeness (QED) is 0.637. The van der Waals surface area contributed by atoms with Crippen molar-refractivity contribution in [2.45, 2.75) is 12.5 Å². The van der Waals surface area contributed by atoms with Crippen LogP contribution >= 0.6 is 34.8 Å². The fourth-order valence-corrected chi connectivity index (χ4v) is 2.71. The Hall–Kier alpha value is -0.840. The molecule has 0 aliphatic carbocycles. The maximum absolute atomic E-state index is 13.9. The third kappa shape index (κ3) is 3.62. The van der Waals surface area contributed by atoms with Crippen molar-refractivity contribution < 1.29 is 4.39 Å². The van der Waals surface area contributed by atoms with Crippen LogP contribution in [0.1, 0.15) is 17.2 Å². The first kappa shape index (κ1) is 15.5. The molecule has 0 aliphatic heterocycles. The molecule has 0 aromatic heterocycles. The average molecular weight is 334 g/mol. The molecule has 0 bridgehead atoms. The maximum atomic E-state index is 13.9. The normalized spacial score (nSPS) is 12.4. The molecule has 0 radical (unpaired) electrons. The van der Waals surface area contributed by atoms with Crippen LogP contribution in [-0.2, 0) is 6.42 Å². The van der Waals surface area contributed by atoms with Gasteiger partial charge in [-0.05, 0) is 41.8 Å². The highest BCUT2D eigenvalue weighted by Gasteiger charge is 2.15. The second kappa shape index (κ2) is 6.74. The van der Waals surface area contributed by atoms with Gasteiger partial charge in [0.25, 0.3) is 0 Å². The monoisotopic (exact) mass is 332 g/mol. The molecule has 3 N–H and O–H groups in total. The molecule has 0 fully saturated rings. The second-order valence-corrected chi connectivity index (χ2v) is 5.62. The highest BCUT2D eigenvalue weighted by atomic mass is 35.5. The molecule has 20 heavy (non-hydrogen) atoms. The molecule has 0 amide bonds. The van der Waals surface area contributed by atoms with Crippen molar-refractivity contribution in [1.29, 1.82) is 0 Å². The van der Waals surface area contributed by atoms with Gasteiger partial charge in [-0.15, -0.1) is 0 Å². The van der Waals surface area contributed by atoms with Crippen molar-refractivity contribution in [3.63, 3.8) is 0 Å². The lowest BCUT2D eigenvalue weighted by molar-refractivity contribution is 0.529. The molecule has 1 unspecified atom stereocenters. The lowest BCUT2D eigenvalue weighted by atomic mass is 9.99. The molecule has 6 heteroatoms. The van der Waals surface area contributed by atoms with Crippen LogP contribution in [0.3, 0.4) is 0 Å². The summed E-state index contributed by atoms with van der Waals surface area (Å²) in [6, 6.07) is 9.64. The molecule has 0 heterocycles. The molecule has 0 saturated heterocycles. The molecule has 2 rings (SSSR count). The van der Waals surface area contributed by atoms with E-state index in [9.17, 15) is 4.39 Å². The Balaban J connectivity index is 2.31. The summed E-state index contributed by atoms with van der Waals surface area (Å²) < 4.78 is 13.9. The number of nitrogens with one attached hydrogen (secondary N) is 1. The fourth-order valence-electron chi connectivity index (χ4n) is 1.98. The first-order chi connectivity index (χ1) is 9.51. The first-order valence-electron chi connectivity index (χ1n) is 5.86. The lowest BCUT2D eigenvalue weighted by Crippen LogP contribution is -2.29. The third-order valence-electron chi connectivity index (χ3n) is 2.94. The van der Waals surface area contributed by atoms with Crippen LogP contribution in [0.5, 0.6) is 0 Å². The topological polar surface area (TPSA) is 38.0 Å². The Labute approximate surface area is 131 Å². The second-order valence-electron chi connectivity index (χ2n) is 4.34. The zero-order valence-corrected chi connectivity index (χ0v) is 12.6. The minimum absolute atomic E-state index is 0.0856. The van der Waals surface area contributed by atoms with Crippen LogP contribution in [0.15, 0.2) is 36.4 Å². The number of halogens is 4. The summed E-state index contributed by atoms with van der Waals surface area (Å²) in [7, 11) is 0. The predicted octanol–water partition coefficient (Wildman–Crippen LogP) is 4.53. The summed E-state index contributed by atoms with van der Waals surface area (Å²) in [5.74, 6) is 5.11. The van der Waals surface area contributed by atoms with Gasteiger partial charge in [0, 0.05) is 10.0 Å². The zero-order valence-electron chi connectivity index (χ0n) is 10.3. The predicted molar refractivity (Wildman–Crippen MR) is 81.6 cm³/mol. The van der Waals surface area contributed by atoms with E-state index in [1.54, 1.807) is 30.3 Å². The maximum Gasteiger partial charge on any atom is 0.145 e. The number of hydrazine groups is 1. The van der Waals surface area contributed by atoms with Gasteiger partial charge in [-0.2, -0.15) is 0 Å². The molecular weight excluding hydrogens is 322 g/mol. The fraction of sp³-hybridized carbons (Fsp3) is 0.143. The van der Waals surface area contributed by atoms with Crippen LogP contribution < -0.4 is 11.3 Å². The van der Waals surface area contributed by atoms with Crippen molar-refractivity contribution in [2.24, 2.45) is 5.84 Å². The summed E-state index contributed by atoms with van der Waals surface area (Å²) in [5.41, 5.74) is 3.89. The van der Waals surface area contributed by atoms with E-state index in [0.29, 0.717) is 22.0 Å². The van der Waals surface area contributed by atoms with Crippen LogP contribution in [0, 0.1) is 5.82 Å². The van der Waals surface area contributed by atoms with E-state index < -0.39 is 5.82 Å². The minimum Gasteiger partial charge on any atom is -0.271 e. The largest absolute Gasteiger partial charge is 0.271 e. The number of nitrogens with two attached hydrogens (primary N) is 1. The number of hydrogen-bond acceptors (Lipinski definition) is 2. The Morgan fingerprint density at radius 1 is 1.10 bits per heavy atom. The van der Waals surface area contributed by atoms with E-state index in [0.717, 1.165) is 5.56 Å². The van der Waals surface area contributed by atoms with Gasteiger partial charge >= 0.3 is 0 Å². The summed E-state index contributed by atoms with van der Waals surface area (Å²) in [6.07, 6.45) is 0.333. The van der Waals surface area contributed by atoms with E-state index in [1.807, 2.05) is 0 Å². The van der Waals surface area contributed by atoms with Gasteiger partial charge in [-0.25, -0.2) is 4.39 Å². The van der Waals surface area contributed by atoms with Crippen LogP contribution in [0.2, 0.25) is 15.1 Å². The summed E-state index contributed by atoms with van der Waals surface area (Å²) in [4.78, 5) is 0. The van der Waals surface area contributed by atoms with E-state index in [4.69, 9.17) is 40.6 Å². The minimum atomic E-state index is -0.442.